The molecule has 0 N–H and O–H groups in total. The van der Waals surface area contributed by atoms with E-state index in [4.69, 9.17) is 11.6 Å². The van der Waals surface area contributed by atoms with Gasteiger partial charge in [-0.1, -0.05) is 29.8 Å². The molecular formula is C24H30ClN5. The van der Waals surface area contributed by atoms with Gasteiger partial charge in [0.1, 0.15) is 6.07 Å². The number of hydrogen-bond donors (Lipinski definition) is 0. The fraction of sp³-hybridized carbons (Fsp3) is 0.458. The van der Waals surface area contributed by atoms with Gasteiger partial charge in [-0.15, -0.1) is 0 Å². The van der Waals surface area contributed by atoms with Crippen LogP contribution in [0.25, 0.3) is 0 Å². The molecule has 5 nitrogen and oxygen atoms in total. The molecule has 158 valence electrons. The second-order valence-corrected chi connectivity index (χ2v) is 8.73. The first-order valence-corrected chi connectivity index (χ1v) is 11.2. The maximum atomic E-state index is 9.51. The molecule has 0 aromatic heterocycles. The van der Waals surface area contributed by atoms with Gasteiger partial charge in [0.05, 0.1) is 16.3 Å². The van der Waals surface area contributed by atoms with Crippen LogP contribution in [0.3, 0.4) is 0 Å². The minimum absolute atomic E-state index is 0.534. The highest BCUT2D eigenvalue weighted by Crippen LogP contribution is 2.28. The van der Waals surface area contributed by atoms with Crippen LogP contribution >= 0.6 is 11.6 Å². The third-order valence-electron chi connectivity index (χ3n) is 6.24. The molecule has 0 bridgehead atoms. The van der Waals surface area contributed by atoms with Gasteiger partial charge >= 0.3 is 0 Å². The summed E-state index contributed by atoms with van der Waals surface area (Å²) in [7, 11) is 2.20. The van der Waals surface area contributed by atoms with Crippen molar-refractivity contribution < 1.29 is 0 Å². The number of piperazine rings is 1. The smallest absolute Gasteiger partial charge is 0.103 e. The summed E-state index contributed by atoms with van der Waals surface area (Å²) < 4.78 is 0. The van der Waals surface area contributed by atoms with Crippen molar-refractivity contribution in [3.05, 3.63) is 58.6 Å². The fourth-order valence-corrected chi connectivity index (χ4v) is 4.59. The van der Waals surface area contributed by atoms with Crippen LogP contribution in [0.2, 0.25) is 5.02 Å². The van der Waals surface area contributed by atoms with E-state index >= 15 is 0 Å². The van der Waals surface area contributed by atoms with Gasteiger partial charge in [0.2, 0.25) is 0 Å². The molecule has 0 unspecified atom stereocenters. The molecule has 2 aromatic rings. The van der Waals surface area contributed by atoms with Crippen LogP contribution in [-0.2, 0) is 6.54 Å². The number of rotatable bonds is 4. The summed E-state index contributed by atoms with van der Waals surface area (Å²) in [6, 6.07) is 17.1. The zero-order valence-corrected chi connectivity index (χ0v) is 18.5. The number of halogens is 1. The van der Waals surface area contributed by atoms with Crippen LogP contribution in [0.5, 0.6) is 0 Å². The zero-order valence-electron chi connectivity index (χ0n) is 17.7. The van der Waals surface area contributed by atoms with Gasteiger partial charge in [0, 0.05) is 64.6 Å². The lowest BCUT2D eigenvalue weighted by atomic mass is 10.1. The van der Waals surface area contributed by atoms with Gasteiger partial charge in [-0.3, -0.25) is 4.90 Å². The van der Waals surface area contributed by atoms with E-state index < -0.39 is 0 Å². The molecule has 0 amide bonds. The van der Waals surface area contributed by atoms with Gasteiger partial charge in [-0.2, -0.15) is 5.26 Å². The number of benzene rings is 2. The minimum atomic E-state index is 0.534. The van der Waals surface area contributed by atoms with E-state index in [-0.39, 0.29) is 0 Å². The molecule has 2 aliphatic heterocycles. The Morgan fingerprint density at radius 2 is 1.57 bits per heavy atom. The molecule has 0 saturated carbocycles. The van der Waals surface area contributed by atoms with Crippen LogP contribution in [0, 0.1) is 11.3 Å². The lowest BCUT2D eigenvalue weighted by molar-refractivity contribution is 0.148. The van der Waals surface area contributed by atoms with Gasteiger partial charge in [0.25, 0.3) is 0 Å². The van der Waals surface area contributed by atoms with E-state index in [2.05, 4.69) is 57.0 Å². The lowest BCUT2D eigenvalue weighted by Crippen LogP contribution is -2.43. The maximum Gasteiger partial charge on any atom is 0.103 e. The van der Waals surface area contributed by atoms with Crippen molar-refractivity contribution in [1.29, 1.82) is 5.26 Å². The molecule has 2 aliphatic rings. The normalized spacial score (nSPS) is 18.8. The lowest BCUT2D eigenvalue weighted by Gasteiger charge is -2.32. The highest BCUT2D eigenvalue weighted by Gasteiger charge is 2.19. The molecular weight excluding hydrogens is 394 g/mol. The van der Waals surface area contributed by atoms with Crippen LogP contribution in [-0.4, -0.2) is 69.2 Å². The van der Waals surface area contributed by atoms with E-state index in [1.807, 2.05) is 12.1 Å². The van der Waals surface area contributed by atoms with Gasteiger partial charge < -0.3 is 14.7 Å². The molecule has 30 heavy (non-hydrogen) atoms. The summed E-state index contributed by atoms with van der Waals surface area (Å²) in [4.78, 5) is 9.68. The highest BCUT2D eigenvalue weighted by atomic mass is 35.5. The van der Waals surface area contributed by atoms with Crippen LogP contribution in [0.15, 0.2) is 42.5 Å². The van der Waals surface area contributed by atoms with Gasteiger partial charge in [0.15, 0.2) is 0 Å². The molecule has 0 radical (unpaired) electrons. The first-order valence-electron chi connectivity index (χ1n) is 10.8. The topological polar surface area (TPSA) is 36.8 Å². The largest absolute Gasteiger partial charge is 0.370 e. The first-order chi connectivity index (χ1) is 14.6. The summed E-state index contributed by atoms with van der Waals surface area (Å²) in [5, 5.41) is 10.0. The van der Waals surface area contributed by atoms with Crippen molar-refractivity contribution in [2.45, 2.75) is 13.0 Å². The molecule has 2 fully saturated rings. The van der Waals surface area contributed by atoms with E-state index in [9.17, 15) is 5.26 Å². The van der Waals surface area contributed by atoms with E-state index in [0.717, 1.165) is 71.0 Å². The summed E-state index contributed by atoms with van der Waals surface area (Å²) in [5.74, 6) is 0. The quantitative estimate of drug-likeness (QED) is 0.749. The minimum Gasteiger partial charge on any atom is -0.370 e. The monoisotopic (exact) mass is 423 g/mol. The number of hydrogen-bond acceptors (Lipinski definition) is 5. The van der Waals surface area contributed by atoms with Crippen molar-refractivity contribution in [3.8, 4) is 6.07 Å². The van der Waals surface area contributed by atoms with Crippen LogP contribution < -0.4 is 9.80 Å². The highest BCUT2D eigenvalue weighted by molar-refractivity contribution is 6.32. The Morgan fingerprint density at radius 3 is 2.30 bits per heavy atom. The zero-order chi connectivity index (χ0) is 20.9. The molecule has 2 heterocycles. The maximum absolute atomic E-state index is 9.51. The summed E-state index contributed by atoms with van der Waals surface area (Å²) in [5.41, 5.74) is 4.21. The third-order valence-corrected chi connectivity index (χ3v) is 6.56. The average molecular weight is 424 g/mol. The molecule has 0 atom stereocenters. The van der Waals surface area contributed by atoms with E-state index in [0.29, 0.717) is 10.6 Å². The van der Waals surface area contributed by atoms with Gasteiger partial charge in [-0.05, 0) is 43.3 Å². The molecule has 0 spiro atoms. The number of likely N-dealkylation sites (N-methyl/N-ethyl adjacent to an activating group) is 1. The fourth-order valence-electron chi connectivity index (χ4n) is 4.38. The van der Waals surface area contributed by atoms with Gasteiger partial charge in [-0.25, -0.2) is 0 Å². The van der Waals surface area contributed by atoms with E-state index in [1.165, 1.54) is 11.3 Å². The van der Waals surface area contributed by atoms with Crippen LogP contribution in [0.1, 0.15) is 17.5 Å². The first kappa shape index (κ1) is 21.0. The second-order valence-electron chi connectivity index (χ2n) is 8.32. The Hall–Kier alpha value is -2.26. The molecule has 4 rings (SSSR count). The van der Waals surface area contributed by atoms with Crippen molar-refractivity contribution in [2.75, 3.05) is 69.2 Å². The Kier molecular flexibility index (Phi) is 6.79. The molecule has 2 saturated heterocycles. The molecule has 2 aromatic carbocycles. The van der Waals surface area contributed by atoms with Crippen LogP contribution in [0.4, 0.5) is 11.4 Å². The summed E-state index contributed by atoms with van der Waals surface area (Å²) in [6.07, 6.45) is 1.06. The summed E-state index contributed by atoms with van der Waals surface area (Å²) >= 11 is 6.24. The Bertz CT molecular complexity index is 883. The average Bonchev–Trinajstić information content (AvgIpc) is 3.02. The number of anilines is 2. The Morgan fingerprint density at radius 1 is 0.867 bits per heavy atom. The summed E-state index contributed by atoms with van der Waals surface area (Å²) in [6.45, 7) is 9.43. The second kappa shape index (κ2) is 9.70. The number of nitrogens with zero attached hydrogens (tertiary/aromatic N) is 5. The Balaban J connectivity index is 1.38. The molecule has 6 heteroatoms. The third kappa shape index (κ3) is 4.89. The standard InChI is InChI=1S/C24H30ClN5/c1-27-12-14-28(15-13-27)19-20-6-8-21(9-7-20)29-10-3-11-30(17-16-29)24-5-2-4-23(25)22(24)18-26/h2,4-9H,3,10-17,19H2,1H3. The predicted molar refractivity (Wildman–Crippen MR) is 124 cm³/mol. The SMILES string of the molecule is CN1CCN(Cc2ccc(N3CCCN(c4cccc(Cl)c4C#N)CC3)cc2)CC1. The van der Waals surface area contributed by atoms with Crippen molar-refractivity contribution in [1.82, 2.24) is 9.80 Å². The Labute approximate surface area is 185 Å². The number of nitriles is 1. The van der Waals surface area contributed by atoms with Crippen molar-refractivity contribution in [2.24, 2.45) is 0 Å². The van der Waals surface area contributed by atoms with E-state index in [1.54, 1.807) is 6.07 Å². The molecule has 0 aliphatic carbocycles. The van der Waals surface area contributed by atoms with Crippen molar-refractivity contribution >= 4 is 23.0 Å². The predicted octanol–water partition coefficient (Wildman–Crippen LogP) is 3.68. The van der Waals surface area contributed by atoms with Crippen molar-refractivity contribution in [3.63, 3.8) is 0 Å².